The van der Waals surface area contributed by atoms with Crippen molar-refractivity contribution >= 4 is 11.8 Å². The van der Waals surface area contributed by atoms with Crippen molar-refractivity contribution in [2.45, 2.75) is 39.4 Å². The Hall–Kier alpha value is -1.55. The Balaban J connectivity index is 2.69. The summed E-state index contributed by atoms with van der Waals surface area (Å²) in [4.78, 5) is 11.5. The minimum atomic E-state index is -0.560. The molecule has 17 heavy (non-hydrogen) atoms. The van der Waals surface area contributed by atoms with Crippen LogP contribution in [0.4, 0.5) is 10.5 Å². The average molecular weight is 237 g/mol. The van der Waals surface area contributed by atoms with Gasteiger partial charge in [-0.2, -0.15) is 0 Å². The molecule has 4 heteroatoms. The topological polar surface area (TPSA) is 58.6 Å². The Labute approximate surface area is 102 Å². The molecule has 0 aliphatic heterocycles. The summed E-state index contributed by atoms with van der Waals surface area (Å²) in [6, 6.07) is 7.03. The van der Waals surface area contributed by atoms with Crippen molar-refractivity contribution < 1.29 is 14.6 Å². The first-order valence-corrected chi connectivity index (χ1v) is 5.56. The van der Waals surface area contributed by atoms with Gasteiger partial charge >= 0.3 is 6.09 Å². The Morgan fingerprint density at radius 1 is 1.41 bits per heavy atom. The number of ether oxygens (including phenoxy) is 1. The van der Waals surface area contributed by atoms with E-state index in [1.165, 1.54) is 0 Å². The molecule has 0 fully saturated rings. The summed E-state index contributed by atoms with van der Waals surface area (Å²) in [5, 5.41) is 12.0. The van der Waals surface area contributed by atoms with Crippen molar-refractivity contribution in [1.29, 1.82) is 0 Å². The molecule has 1 aromatic rings. The van der Waals surface area contributed by atoms with Crippen LogP contribution in [0.15, 0.2) is 24.3 Å². The van der Waals surface area contributed by atoms with Crippen LogP contribution in [-0.2, 0) is 4.74 Å². The van der Waals surface area contributed by atoms with Crippen LogP contribution in [-0.4, -0.2) is 16.8 Å². The van der Waals surface area contributed by atoms with Gasteiger partial charge < -0.3 is 9.84 Å². The molecular weight excluding hydrogens is 218 g/mol. The van der Waals surface area contributed by atoms with Gasteiger partial charge in [0.25, 0.3) is 0 Å². The zero-order valence-electron chi connectivity index (χ0n) is 10.7. The van der Waals surface area contributed by atoms with Crippen LogP contribution >= 0.6 is 0 Å². The number of nitrogens with one attached hydrogen (secondary N) is 1. The van der Waals surface area contributed by atoms with Crippen molar-refractivity contribution in [1.82, 2.24) is 0 Å². The predicted octanol–water partition coefficient (Wildman–Crippen LogP) is 3.09. The molecular formula is C13H19NO3. The highest BCUT2D eigenvalue weighted by molar-refractivity contribution is 5.84. The van der Waals surface area contributed by atoms with E-state index in [4.69, 9.17) is 4.74 Å². The lowest BCUT2D eigenvalue weighted by atomic mass is 10.1. The zero-order valence-corrected chi connectivity index (χ0v) is 10.7. The van der Waals surface area contributed by atoms with E-state index < -0.39 is 17.8 Å². The molecule has 0 aliphatic carbocycles. The maximum Gasteiger partial charge on any atom is 0.412 e. The fraction of sp³-hybridized carbons (Fsp3) is 0.462. The van der Waals surface area contributed by atoms with E-state index >= 15 is 0 Å². The van der Waals surface area contributed by atoms with E-state index in [2.05, 4.69) is 5.32 Å². The maximum absolute atomic E-state index is 11.5. The van der Waals surface area contributed by atoms with Crippen LogP contribution in [0.2, 0.25) is 0 Å². The summed E-state index contributed by atoms with van der Waals surface area (Å²) in [6.07, 6.45) is -1.06. The summed E-state index contributed by atoms with van der Waals surface area (Å²) in [7, 11) is 0. The molecule has 4 nitrogen and oxygen atoms in total. The molecule has 1 atom stereocenters. The molecule has 0 aliphatic rings. The molecule has 0 bridgehead atoms. The summed E-state index contributed by atoms with van der Waals surface area (Å²) in [5.41, 5.74) is 0.836. The second-order valence-corrected chi connectivity index (χ2v) is 4.93. The number of carbonyl (C=O) groups is 1. The highest BCUT2D eigenvalue weighted by atomic mass is 16.6. The Morgan fingerprint density at radius 2 is 2.06 bits per heavy atom. The van der Waals surface area contributed by atoms with Gasteiger partial charge in [0.15, 0.2) is 0 Å². The van der Waals surface area contributed by atoms with Crippen LogP contribution in [0.25, 0.3) is 0 Å². The molecule has 1 rings (SSSR count). The number of carbonyl (C=O) groups excluding carboxylic acids is 1. The number of aliphatic hydroxyl groups is 1. The molecule has 0 radical (unpaired) electrons. The average Bonchev–Trinajstić information content (AvgIpc) is 2.14. The first-order valence-electron chi connectivity index (χ1n) is 5.56. The van der Waals surface area contributed by atoms with Gasteiger partial charge in [-0.15, -0.1) is 0 Å². The second kappa shape index (κ2) is 5.19. The van der Waals surface area contributed by atoms with Crippen molar-refractivity contribution in [3.8, 4) is 0 Å². The number of hydrogen-bond donors (Lipinski definition) is 2. The second-order valence-electron chi connectivity index (χ2n) is 4.93. The zero-order chi connectivity index (χ0) is 13.1. The molecule has 0 saturated heterocycles. The van der Waals surface area contributed by atoms with Gasteiger partial charge in [0.2, 0.25) is 0 Å². The van der Waals surface area contributed by atoms with E-state index in [1.54, 1.807) is 52.0 Å². The molecule has 0 spiro atoms. The first kappa shape index (κ1) is 13.5. The third kappa shape index (κ3) is 4.87. The van der Waals surface area contributed by atoms with Gasteiger partial charge in [-0.3, -0.25) is 5.32 Å². The van der Waals surface area contributed by atoms with Crippen molar-refractivity contribution in [2.24, 2.45) is 0 Å². The Morgan fingerprint density at radius 3 is 2.59 bits per heavy atom. The van der Waals surface area contributed by atoms with Gasteiger partial charge in [0, 0.05) is 5.69 Å². The van der Waals surface area contributed by atoms with Gasteiger partial charge in [-0.25, -0.2) is 4.79 Å². The van der Waals surface area contributed by atoms with Crippen LogP contribution in [0.3, 0.4) is 0 Å². The number of aliphatic hydroxyl groups excluding tert-OH is 1. The number of rotatable bonds is 2. The highest BCUT2D eigenvalue weighted by Crippen LogP contribution is 2.17. The lowest BCUT2D eigenvalue weighted by Crippen LogP contribution is -2.27. The van der Waals surface area contributed by atoms with Crippen LogP contribution in [0.5, 0.6) is 0 Å². The van der Waals surface area contributed by atoms with Crippen molar-refractivity contribution in [2.75, 3.05) is 5.32 Å². The third-order valence-electron chi connectivity index (χ3n) is 2.01. The summed E-state index contributed by atoms with van der Waals surface area (Å²) < 4.78 is 5.13. The quantitative estimate of drug-likeness (QED) is 0.831. The number of anilines is 1. The SMILES string of the molecule is C[C@H](O)c1cccc(NC(=O)OC(C)(C)C)c1. The summed E-state index contributed by atoms with van der Waals surface area (Å²) in [6.45, 7) is 7.09. The van der Waals surface area contributed by atoms with E-state index in [0.717, 1.165) is 5.56 Å². The van der Waals surface area contributed by atoms with E-state index in [-0.39, 0.29) is 0 Å². The standard InChI is InChI=1S/C13H19NO3/c1-9(15)10-6-5-7-11(8-10)14-12(16)17-13(2,3)4/h5-9,15H,1-4H3,(H,14,16)/t9-/m0/s1. The van der Waals surface area contributed by atoms with Crippen LogP contribution in [0, 0.1) is 0 Å². The maximum atomic E-state index is 11.5. The lowest BCUT2D eigenvalue weighted by molar-refractivity contribution is 0.0636. The van der Waals surface area contributed by atoms with E-state index in [0.29, 0.717) is 5.69 Å². The minimum Gasteiger partial charge on any atom is -0.444 e. The number of amides is 1. The minimum absolute atomic E-state index is 0.500. The van der Waals surface area contributed by atoms with E-state index in [1.807, 2.05) is 0 Å². The predicted molar refractivity (Wildman–Crippen MR) is 66.9 cm³/mol. The lowest BCUT2D eigenvalue weighted by Gasteiger charge is -2.19. The summed E-state index contributed by atoms with van der Waals surface area (Å²) >= 11 is 0. The van der Waals surface area contributed by atoms with Gasteiger partial charge in [0.1, 0.15) is 5.60 Å². The van der Waals surface area contributed by atoms with Gasteiger partial charge in [-0.1, -0.05) is 12.1 Å². The van der Waals surface area contributed by atoms with Gasteiger partial charge in [-0.05, 0) is 45.4 Å². The molecule has 0 unspecified atom stereocenters. The largest absolute Gasteiger partial charge is 0.444 e. The third-order valence-corrected chi connectivity index (χ3v) is 2.01. The molecule has 1 aromatic carbocycles. The Bertz CT molecular complexity index is 394. The van der Waals surface area contributed by atoms with Gasteiger partial charge in [0.05, 0.1) is 6.10 Å². The molecule has 2 N–H and O–H groups in total. The van der Waals surface area contributed by atoms with Crippen molar-refractivity contribution in [3.63, 3.8) is 0 Å². The van der Waals surface area contributed by atoms with Crippen LogP contribution in [0.1, 0.15) is 39.4 Å². The molecule has 0 aromatic heterocycles. The normalized spacial score (nSPS) is 13.0. The highest BCUT2D eigenvalue weighted by Gasteiger charge is 2.16. The monoisotopic (exact) mass is 237 g/mol. The Kier molecular flexibility index (Phi) is 4.12. The molecule has 94 valence electrons. The molecule has 0 heterocycles. The van der Waals surface area contributed by atoms with Crippen LogP contribution < -0.4 is 5.32 Å². The smallest absolute Gasteiger partial charge is 0.412 e. The summed E-state index contributed by atoms with van der Waals surface area (Å²) in [5.74, 6) is 0. The molecule has 1 amide bonds. The fourth-order valence-corrected chi connectivity index (χ4v) is 1.30. The number of hydrogen-bond acceptors (Lipinski definition) is 3. The molecule has 0 saturated carbocycles. The van der Waals surface area contributed by atoms with Crippen molar-refractivity contribution in [3.05, 3.63) is 29.8 Å². The fourth-order valence-electron chi connectivity index (χ4n) is 1.30. The number of benzene rings is 1. The van der Waals surface area contributed by atoms with E-state index in [9.17, 15) is 9.90 Å². The first-order chi connectivity index (χ1) is 7.78.